The van der Waals surface area contributed by atoms with E-state index >= 15 is 0 Å². The molecule has 2 aromatic rings. The number of nitrogens with zero attached hydrogens (tertiary/aromatic N) is 2. The molecule has 0 unspecified atom stereocenters. The van der Waals surface area contributed by atoms with Crippen molar-refractivity contribution in [1.82, 2.24) is 9.38 Å². The molecule has 0 aliphatic rings. The molecule has 0 bridgehead atoms. The average Bonchev–Trinajstić information content (AvgIpc) is 2.43. The molecular weight excluding hydrogens is 154 g/mol. The van der Waals surface area contributed by atoms with Crippen LogP contribution < -0.4 is 10.5 Å². The number of hydrogen-bond acceptors (Lipinski definition) is 3. The Labute approximate surface area is 69.6 Å². The first kappa shape index (κ1) is 6.97. The van der Waals surface area contributed by atoms with Gasteiger partial charge in [0.15, 0.2) is 0 Å². The van der Waals surface area contributed by atoms with Crippen molar-refractivity contribution in [3.8, 4) is 5.75 Å². The molecule has 0 fully saturated rings. The molecule has 0 aromatic carbocycles. The molecule has 2 aromatic heterocycles. The highest BCUT2D eigenvalue weighted by Crippen LogP contribution is 2.14. The topological polar surface area (TPSA) is 52.5 Å². The SMILES string of the molecule is COc1ccn2cc(N)nc2c1. The lowest BCUT2D eigenvalue weighted by Gasteiger charge is -1.98. The van der Waals surface area contributed by atoms with Gasteiger partial charge >= 0.3 is 0 Å². The maximum absolute atomic E-state index is 5.51. The molecule has 0 radical (unpaired) electrons. The van der Waals surface area contributed by atoms with Crippen molar-refractivity contribution in [3.63, 3.8) is 0 Å². The van der Waals surface area contributed by atoms with E-state index in [1.807, 2.05) is 22.7 Å². The van der Waals surface area contributed by atoms with Crippen molar-refractivity contribution in [2.75, 3.05) is 12.8 Å². The molecule has 0 spiro atoms. The summed E-state index contributed by atoms with van der Waals surface area (Å²) in [6.45, 7) is 0. The Hall–Kier alpha value is -1.71. The van der Waals surface area contributed by atoms with Crippen LogP contribution in [0.5, 0.6) is 5.75 Å². The van der Waals surface area contributed by atoms with Crippen LogP contribution in [0.25, 0.3) is 5.65 Å². The molecule has 0 atom stereocenters. The summed E-state index contributed by atoms with van der Waals surface area (Å²) in [4.78, 5) is 4.08. The van der Waals surface area contributed by atoms with E-state index in [4.69, 9.17) is 10.5 Å². The van der Waals surface area contributed by atoms with Gasteiger partial charge in [-0.15, -0.1) is 0 Å². The van der Waals surface area contributed by atoms with Crippen LogP contribution in [-0.2, 0) is 0 Å². The van der Waals surface area contributed by atoms with Gasteiger partial charge in [0.2, 0.25) is 0 Å². The van der Waals surface area contributed by atoms with Crippen molar-refractivity contribution in [2.45, 2.75) is 0 Å². The lowest BCUT2D eigenvalue weighted by Crippen LogP contribution is -1.86. The van der Waals surface area contributed by atoms with Crippen molar-refractivity contribution in [1.29, 1.82) is 0 Å². The Morgan fingerprint density at radius 2 is 2.42 bits per heavy atom. The summed E-state index contributed by atoms with van der Waals surface area (Å²) in [6, 6.07) is 3.68. The van der Waals surface area contributed by atoms with Gasteiger partial charge in [0.25, 0.3) is 0 Å². The minimum atomic E-state index is 0.517. The molecule has 0 aliphatic heterocycles. The predicted molar refractivity (Wildman–Crippen MR) is 46.2 cm³/mol. The molecule has 4 nitrogen and oxygen atoms in total. The van der Waals surface area contributed by atoms with E-state index in [1.54, 1.807) is 13.3 Å². The van der Waals surface area contributed by atoms with Crippen molar-refractivity contribution in [3.05, 3.63) is 24.5 Å². The molecule has 0 amide bonds. The van der Waals surface area contributed by atoms with Gasteiger partial charge in [-0.2, -0.15) is 0 Å². The lowest BCUT2D eigenvalue weighted by molar-refractivity contribution is 0.414. The first-order valence-electron chi connectivity index (χ1n) is 3.58. The predicted octanol–water partition coefficient (Wildman–Crippen LogP) is 0.925. The third kappa shape index (κ3) is 0.972. The summed E-state index contributed by atoms with van der Waals surface area (Å²) in [6.07, 6.45) is 3.62. The minimum Gasteiger partial charge on any atom is -0.497 e. The summed E-state index contributed by atoms with van der Waals surface area (Å²) in [5.41, 5.74) is 6.31. The van der Waals surface area contributed by atoms with Crippen LogP contribution in [0.4, 0.5) is 5.82 Å². The van der Waals surface area contributed by atoms with Gasteiger partial charge in [-0.3, -0.25) is 0 Å². The Morgan fingerprint density at radius 1 is 1.58 bits per heavy atom. The molecule has 2 N–H and O–H groups in total. The Balaban J connectivity index is 2.66. The fourth-order valence-electron chi connectivity index (χ4n) is 1.11. The van der Waals surface area contributed by atoms with Crippen LogP contribution in [0.15, 0.2) is 24.5 Å². The van der Waals surface area contributed by atoms with Crippen LogP contribution in [0.3, 0.4) is 0 Å². The van der Waals surface area contributed by atoms with Crippen molar-refractivity contribution in [2.24, 2.45) is 0 Å². The fourth-order valence-corrected chi connectivity index (χ4v) is 1.11. The van der Waals surface area contributed by atoms with Crippen LogP contribution in [0.1, 0.15) is 0 Å². The van der Waals surface area contributed by atoms with E-state index < -0.39 is 0 Å². The highest BCUT2D eigenvalue weighted by atomic mass is 16.5. The second kappa shape index (κ2) is 2.41. The van der Waals surface area contributed by atoms with Crippen LogP contribution >= 0.6 is 0 Å². The van der Waals surface area contributed by atoms with E-state index in [-0.39, 0.29) is 0 Å². The van der Waals surface area contributed by atoms with E-state index in [9.17, 15) is 0 Å². The Morgan fingerprint density at radius 3 is 3.17 bits per heavy atom. The zero-order chi connectivity index (χ0) is 8.55. The number of ether oxygens (including phenoxy) is 1. The lowest BCUT2D eigenvalue weighted by atomic mass is 10.4. The quantitative estimate of drug-likeness (QED) is 0.680. The molecule has 2 rings (SSSR count). The third-order valence-corrected chi connectivity index (χ3v) is 1.69. The maximum atomic E-state index is 5.51. The normalized spacial score (nSPS) is 10.4. The van der Waals surface area contributed by atoms with E-state index in [0.717, 1.165) is 11.4 Å². The largest absolute Gasteiger partial charge is 0.497 e. The van der Waals surface area contributed by atoms with E-state index in [2.05, 4.69) is 4.98 Å². The number of anilines is 1. The second-order valence-corrected chi connectivity index (χ2v) is 2.50. The van der Waals surface area contributed by atoms with Gasteiger partial charge < -0.3 is 14.9 Å². The van der Waals surface area contributed by atoms with Crippen LogP contribution in [0, 0.1) is 0 Å². The van der Waals surface area contributed by atoms with Gasteiger partial charge in [0.05, 0.1) is 13.3 Å². The summed E-state index contributed by atoms with van der Waals surface area (Å²) in [5.74, 6) is 1.30. The molecule has 0 saturated carbocycles. The zero-order valence-electron chi connectivity index (χ0n) is 6.69. The van der Waals surface area contributed by atoms with Crippen molar-refractivity contribution < 1.29 is 4.74 Å². The Bertz CT molecular complexity index is 408. The number of imidazole rings is 1. The molecule has 2 heterocycles. The molecule has 62 valence electrons. The van der Waals surface area contributed by atoms with Crippen LogP contribution in [0.2, 0.25) is 0 Å². The zero-order valence-corrected chi connectivity index (χ0v) is 6.69. The number of fused-ring (bicyclic) bond motifs is 1. The number of pyridine rings is 1. The number of nitrogen functional groups attached to an aromatic ring is 1. The molecular formula is C8H9N3O. The van der Waals surface area contributed by atoms with Gasteiger partial charge in [0, 0.05) is 12.3 Å². The minimum absolute atomic E-state index is 0.517. The van der Waals surface area contributed by atoms with Gasteiger partial charge in [0.1, 0.15) is 17.2 Å². The standard InChI is InChI=1S/C8H9N3O/c1-12-6-2-3-11-5-7(9)10-8(11)4-6/h2-5H,9H2,1H3. The van der Waals surface area contributed by atoms with E-state index in [0.29, 0.717) is 5.82 Å². The number of aromatic nitrogens is 2. The van der Waals surface area contributed by atoms with Gasteiger partial charge in [-0.05, 0) is 6.07 Å². The molecule has 4 heteroatoms. The highest BCUT2D eigenvalue weighted by Gasteiger charge is 1.98. The smallest absolute Gasteiger partial charge is 0.142 e. The third-order valence-electron chi connectivity index (χ3n) is 1.69. The monoisotopic (exact) mass is 163 g/mol. The van der Waals surface area contributed by atoms with Crippen LogP contribution in [-0.4, -0.2) is 16.5 Å². The van der Waals surface area contributed by atoms with Crippen molar-refractivity contribution >= 4 is 11.5 Å². The molecule has 0 aliphatic carbocycles. The van der Waals surface area contributed by atoms with Gasteiger partial charge in [-0.1, -0.05) is 0 Å². The second-order valence-electron chi connectivity index (χ2n) is 2.50. The molecule has 12 heavy (non-hydrogen) atoms. The summed E-state index contributed by atoms with van der Waals surface area (Å²) < 4.78 is 6.88. The van der Waals surface area contributed by atoms with Gasteiger partial charge in [-0.25, -0.2) is 4.98 Å². The van der Waals surface area contributed by atoms with E-state index in [1.165, 1.54) is 0 Å². The highest BCUT2D eigenvalue weighted by molar-refractivity contribution is 5.49. The number of hydrogen-bond donors (Lipinski definition) is 1. The summed E-state index contributed by atoms with van der Waals surface area (Å²) >= 11 is 0. The molecule has 0 saturated heterocycles. The summed E-state index contributed by atoms with van der Waals surface area (Å²) in [5, 5.41) is 0. The number of nitrogens with two attached hydrogens (primary N) is 1. The average molecular weight is 163 g/mol. The first-order chi connectivity index (χ1) is 5.79. The fraction of sp³-hybridized carbons (Fsp3) is 0.125. The first-order valence-corrected chi connectivity index (χ1v) is 3.58. The number of rotatable bonds is 1. The Kier molecular flexibility index (Phi) is 1.40. The maximum Gasteiger partial charge on any atom is 0.142 e. The number of methoxy groups -OCH3 is 1. The summed E-state index contributed by atoms with van der Waals surface area (Å²) in [7, 11) is 1.62.